The van der Waals surface area contributed by atoms with Gasteiger partial charge >= 0.3 is 0 Å². The largest absolute Gasteiger partial charge is 0.394 e. The summed E-state index contributed by atoms with van der Waals surface area (Å²) in [4.78, 5) is 12.4. The fraction of sp³-hybridized carbons (Fsp3) is 0.860. The lowest BCUT2D eigenvalue weighted by molar-refractivity contribution is -0.131. The summed E-state index contributed by atoms with van der Waals surface area (Å²) in [5, 5.41) is 32.9. The van der Waals surface area contributed by atoms with Crippen LogP contribution in [-0.4, -0.2) is 46.1 Å². The lowest BCUT2D eigenvalue weighted by Gasteiger charge is -2.21. The molecule has 5 heteroatoms. The molecule has 0 aromatic carbocycles. The molecule has 1 amide bonds. The van der Waals surface area contributed by atoms with Crippen molar-refractivity contribution in [1.29, 1.82) is 0 Å². The van der Waals surface area contributed by atoms with E-state index in [1.807, 2.05) is 13.0 Å². The van der Waals surface area contributed by atoms with E-state index in [2.05, 4.69) is 36.5 Å². The topological polar surface area (TPSA) is 89.8 Å². The van der Waals surface area contributed by atoms with Crippen LogP contribution in [0.2, 0.25) is 0 Å². The molecule has 0 aromatic rings. The van der Waals surface area contributed by atoms with Gasteiger partial charge in [0.2, 0.25) is 5.91 Å². The lowest BCUT2D eigenvalue weighted by Crippen LogP contribution is -2.48. The molecule has 3 unspecified atom stereocenters. The zero-order valence-corrected chi connectivity index (χ0v) is 36.8. The molecule has 0 rings (SSSR count). The number of rotatable bonds is 44. The standard InChI is InChI=1S/C50H95NO4/c1-3-5-7-9-11-13-14-15-16-17-18-19-20-21-22-23-24-25-26-27-28-29-30-31-32-33-34-35-37-39-41-43-45-49(54)50(55)51-47(46-52)48(53)44-42-40-38-36-12-10-8-6-4-2/h4,6,12,36,42,44,47-49,52-54H,3,5,7-11,13-35,37-41,43,45-46H2,1-2H3,(H,51,55)/b6-4+,36-12+,44-42+. The maximum Gasteiger partial charge on any atom is 0.249 e. The van der Waals surface area contributed by atoms with Crippen LogP contribution in [0.15, 0.2) is 36.5 Å². The van der Waals surface area contributed by atoms with Crippen molar-refractivity contribution in [2.75, 3.05) is 6.61 Å². The number of aliphatic hydroxyl groups is 3. The number of nitrogens with one attached hydrogen (secondary N) is 1. The van der Waals surface area contributed by atoms with E-state index in [0.717, 1.165) is 44.9 Å². The Kier molecular flexibility index (Phi) is 44.1. The van der Waals surface area contributed by atoms with Crippen LogP contribution < -0.4 is 5.32 Å². The molecule has 0 aromatic heterocycles. The summed E-state index contributed by atoms with van der Waals surface area (Å²) in [6.07, 6.45) is 58.2. The van der Waals surface area contributed by atoms with E-state index in [4.69, 9.17) is 0 Å². The van der Waals surface area contributed by atoms with Crippen LogP contribution in [0.4, 0.5) is 0 Å². The van der Waals surface area contributed by atoms with Crippen LogP contribution in [0.3, 0.4) is 0 Å². The first-order chi connectivity index (χ1) is 27.1. The third kappa shape index (κ3) is 40.6. The van der Waals surface area contributed by atoms with Gasteiger partial charge in [0.25, 0.3) is 0 Å². The van der Waals surface area contributed by atoms with Crippen LogP contribution in [0.5, 0.6) is 0 Å². The first kappa shape index (κ1) is 53.6. The second kappa shape index (κ2) is 45.3. The Balaban J connectivity index is 3.45. The molecule has 4 N–H and O–H groups in total. The summed E-state index contributed by atoms with van der Waals surface area (Å²) < 4.78 is 0. The van der Waals surface area contributed by atoms with Crippen LogP contribution in [0, 0.1) is 0 Å². The van der Waals surface area contributed by atoms with Gasteiger partial charge in [0.1, 0.15) is 6.10 Å². The highest BCUT2D eigenvalue weighted by molar-refractivity contribution is 5.80. The van der Waals surface area contributed by atoms with Gasteiger partial charge in [-0.15, -0.1) is 0 Å². The summed E-state index contributed by atoms with van der Waals surface area (Å²) in [6.45, 7) is 3.94. The number of carbonyl (C=O) groups excluding carboxylic acids is 1. The molecular weight excluding hydrogens is 679 g/mol. The minimum Gasteiger partial charge on any atom is -0.394 e. The van der Waals surface area contributed by atoms with Gasteiger partial charge in [-0.25, -0.2) is 0 Å². The molecule has 0 spiro atoms. The van der Waals surface area contributed by atoms with Crippen molar-refractivity contribution >= 4 is 5.91 Å². The number of carbonyl (C=O) groups is 1. The first-order valence-corrected chi connectivity index (χ1v) is 24.3. The van der Waals surface area contributed by atoms with Crippen molar-refractivity contribution in [1.82, 2.24) is 5.32 Å². The summed E-state index contributed by atoms with van der Waals surface area (Å²) >= 11 is 0. The normalized spacial score (nSPS) is 13.8. The highest BCUT2D eigenvalue weighted by atomic mass is 16.3. The SMILES string of the molecule is C/C=C/CC/C=C/CC/C=C/C(O)C(CO)NC(=O)C(O)CCCCCCCCCCCCCCCCCCCCCCCCCCCCCCCCCC. The van der Waals surface area contributed by atoms with Crippen molar-refractivity contribution < 1.29 is 20.1 Å². The van der Waals surface area contributed by atoms with Crippen molar-refractivity contribution in [3.8, 4) is 0 Å². The average molecular weight is 774 g/mol. The number of hydrogen-bond acceptors (Lipinski definition) is 4. The van der Waals surface area contributed by atoms with Crippen molar-refractivity contribution in [2.24, 2.45) is 0 Å². The summed E-state index contributed by atoms with van der Waals surface area (Å²) in [5.41, 5.74) is 0. The van der Waals surface area contributed by atoms with Crippen molar-refractivity contribution in [3.63, 3.8) is 0 Å². The molecule has 0 radical (unpaired) electrons. The molecule has 3 atom stereocenters. The van der Waals surface area contributed by atoms with Gasteiger partial charge in [0.05, 0.1) is 18.8 Å². The Bertz CT molecular complexity index is 855. The molecule has 0 saturated carbocycles. The Morgan fingerprint density at radius 2 is 0.782 bits per heavy atom. The van der Waals surface area contributed by atoms with Gasteiger partial charge in [0.15, 0.2) is 0 Å². The van der Waals surface area contributed by atoms with Crippen LogP contribution >= 0.6 is 0 Å². The van der Waals surface area contributed by atoms with E-state index >= 15 is 0 Å². The Hall–Kier alpha value is -1.43. The second-order valence-corrected chi connectivity index (χ2v) is 16.7. The van der Waals surface area contributed by atoms with E-state index in [1.54, 1.807) is 6.08 Å². The smallest absolute Gasteiger partial charge is 0.249 e. The van der Waals surface area contributed by atoms with Gasteiger partial charge in [-0.05, 0) is 39.0 Å². The van der Waals surface area contributed by atoms with Gasteiger partial charge in [-0.2, -0.15) is 0 Å². The molecule has 5 nitrogen and oxygen atoms in total. The minimum absolute atomic E-state index is 0.380. The molecule has 0 aliphatic rings. The molecule has 0 bridgehead atoms. The summed E-state index contributed by atoms with van der Waals surface area (Å²) in [6, 6.07) is -0.817. The third-order valence-corrected chi connectivity index (χ3v) is 11.3. The molecule has 0 saturated heterocycles. The monoisotopic (exact) mass is 774 g/mol. The number of aliphatic hydroxyl groups excluding tert-OH is 3. The van der Waals surface area contributed by atoms with E-state index < -0.39 is 24.2 Å². The van der Waals surface area contributed by atoms with Gasteiger partial charge in [-0.3, -0.25) is 4.79 Å². The van der Waals surface area contributed by atoms with Crippen LogP contribution in [0.1, 0.15) is 251 Å². The maximum absolute atomic E-state index is 12.4. The quantitative estimate of drug-likeness (QED) is 0.0367. The number of hydrogen-bond donors (Lipinski definition) is 4. The molecule has 0 aliphatic heterocycles. The van der Waals surface area contributed by atoms with Crippen molar-refractivity contribution in [2.45, 2.75) is 270 Å². The zero-order valence-electron chi connectivity index (χ0n) is 36.8. The van der Waals surface area contributed by atoms with Gasteiger partial charge in [0, 0.05) is 0 Å². The minimum atomic E-state index is -1.11. The molecule has 324 valence electrons. The van der Waals surface area contributed by atoms with E-state index in [1.165, 1.54) is 186 Å². The fourth-order valence-electron chi connectivity index (χ4n) is 7.52. The Morgan fingerprint density at radius 3 is 1.11 bits per heavy atom. The molecule has 55 heavy (non-hydrogen) atoms. The zero-order chi connectivity index (χ0) is 40.1. The predicted molar refractivity (Wildman–Crippen MR) is 241 cm³/mol. The molecule has 0 aliphatic carbocycles. The van der Waals surface area contributed by atoms with E-state index in [-0.39, 0.29) is 6.61 Å². The fourth-order valence-corrected chi connectivity index (χ4v) is 7.52. The average Bonchev–Trinajstić information content (AvgIpc) is 3.19. The van der Waals surface area contributed by atoms with Gasteiger partial charge < -0.3 is 20.6 Å². The Morgan fingerprint density at radius 1 is 0.473 bits per heavy atom. The van der Waals surface area contributed by atoms with Crippen molar-refractivity contribution in [3.05, 3.63) is 36.5 Å². The number of unbranched alkanes of at least 4 members (excludes halogenated alkanes) is 33. The van der Waals surface area contributed by atoms with Gasteiger partial charge in [-0.1, -0.05) is 249 Å². The van der Waals surface area contributed by atoms with Crippen LogP contribution in [-0.2, 0) is 4.79 Å². The predicted octanol–water partition coefficient (Wildman–Crippen LogP) is 14.3. The lowest BCUT2D eigenvalue weighted by atomic mass is 10.0. The molecular formula is C50H95NO4. The van der Waals surface area contributed by atoms with Crippen LogP contribution in [0.25, 0.3) is 0 Å². The number of allylic oxidation sites excluding steroid dienone is 5. The third-order valence-electron chi connectivity index (χ3n) is 11.3. The van der Waals surface area contributed by atoms with E-state index in [0.29, 0.717) is 6.42 Å². The highest BCUT2D eigenvalue weighted by Gasteiger charge is 2.22. The Labute approximate surface area is 343 Å². The highest BCUT2D eigenvalue weighted by Crippen LogP contribution is 2.17. The first-order valence-electron chi connectivity index (χ1n) is 24.3. The number of amides is 1. The van der Waals surface area contributed by atoms with E-state index in [9.17, 15) is 20.1 Å². The summed E-state index contributed by atoms with van der Waals surface area (Å²) in [5.74, 6) is -0.517. The molecule has 0 heterocycles. The summed E-state index contributed by atoms with van der Waals surface area (Å²) in [7, 11) is 0. The second-order valence-electron chi connectivity index (χ2n) is 16.7. The molecule has 0 fully saturated rings. The maximum atomic E-state index is 12.4.